The van der Waals surface area contributed by atoms with E-state index < -0.39 is 0 Å². The molecule has 0 aliphatic carbocycles. The zero-order valence-electron chi connectivity index (χ0n) is 8.69. The Morgan fingerprint density at radius 3 is 3.27 bits per heavy atom. The minimum atomic E-state index is -0.197. The Morgan fingerprint density at radius 2 is 2.60 bits per heavy atom. The van der Waals surface area contributed by atoms with Crippen LogP contribution in [0.3, 0.4) is 0 Å². The molecule has 0 bridgehead atoms. The quantitative estimate of drug-likeness (QED) is 0.742. The standard InChI is InChI=1S/C11H14O3S/c1-2-8-4-6-15-10(8)11(12)14-9-3-5-13-7-9/h4,6,9H,2-3,5,7H2,1H3. The number of hydrogen-bond donors (Lipinski definition) is 0. The van der Waals surface area contributed by atoms with Crippen molar-refractivity contribution in [3.8, 4) is 0 Å². The van der Waals surface area contributed by atoms with Crippen LogP contribution in [0.4, 0.5) is 0 Å². The fourth-order valence-electron chi connectivity index (χ4n) is 1.60. The first kappa shape index (κ1) is 10.6. The van der Waals surface area contributed by atoms with Crippen LogP contribution in [0, 0.1) is 0 Å². The lowest BCUT2D eigenvalue weighted by Crippen LogP contribution is -2.18. The fourth-order valence-corrected chi connectivity index (χ4v) is 2.48. The van der Waals surface area contributed by atoms with Crippen molar-refractivity contribution in [1.29, 1.82) is 0 Å². The molecule has 1 atom stereocenters. The highest BCUT2D eigenvalue weighted by molar-refractivity contribution is 7.12. The summed E-state index contributed by atoms with van der Waals surface area (Å²) in [7, 11) is 0. The molecule has 15 heavy (non-hydrogen) atoms. The molecule has 82 valence electrons. The van der Waals surface area contributed by atoms with E-state index in [-0.39, 0.29) is 12.1 Å². The van der Waals surface area contributed by atoms with Gasteiger partial charge in [-0.2, -0.15) is 0 Å². The van der Waals surface area contributed by atoms with Gasteiger partial charge in [0, 0.05) is 6.42 Å². The summed E-state index contributed by atoms with van der Waals surface area (Å²) in [5, 5.41) is 1.93. The van der Waals surface area contributed by atoms with Crippen molar-refractivity contribution in [3.05, 3.63) is 21.9 Å². The number of esters is 1. The molecule has 1 aromatic heterocycles. The van der Waals surface area contributed by atoms with Gasteiger partial charge in [-0.25, -0.2) is 4.79 Å². The molecule has 0 saturated carbocycles. The van der Waals surface area contributed by atoms with Gasteiger partial charge >= 0.3 is 5.97 Å². The molecule has 4 heteroatoms. The molecule has 2 heterocycles. The van der Waals surface area contributed by atoms with Gasteiger partial charge in [-0.3, -0.25) is 0 Å². The average Bonchev–Trinajstić information content (AvgIpc) is 2.86. The maximum Gasteiger partial charge on any atom is 0.348 e. The van der Waals surface area contributed by atoms with Crippen LogP contribution in [-0.4, -0.2) is 25.3 Å². The van der Waals surface area contributed by atoms with Gasteiger partial charge < -0.3 is 9.47 Å². The van der Waals surface area contributed by atoms with E-state index in [0.29, 0.717) is 13.2 Å². The lowest BCUT2D eigenvalue weighted by atomic mass is 10.2. The topological polar surface area (TPSA) is 35.5 Å². The van der Waals surface area contributed by atoms with Crippen molar-refractivity contribution in [1.82, 2.24) is 0 Å². The third kappa shape index (κ3) is 2.38. The van der Waals surface area contributed by atoms with Crippen LogP contribution in [0.25, 0.3) is 0 Å². The molecule has 0 amide bonds. The molecule has 0 spiro atoms. The number of hydrogen-bond acceptors (Lipinski definition) is 4. The van der Waals surface area contributed by atoms with Gasteiger partial charge in [-0.15, -0.1) is 11.3 Å². The van der Waals surface area contributed by atoms with Crippen molar-refractivity contribution in [2.45, 2.75) is 25.9 Å². The van der Waals surface area contributed by atoms with E-state index >= 15 is 0 Å². The second-order valence-electron chi connectivity index (χ2n) is 3.52. The zero-order chi connectivity index (χ0) is 10.7. The highest BCUT2D eigenvalue weighted by Gasteiger charge is 2.22. The second kappa shape index (κ2) is 4.77. The minimum Gasteiger partial charge on any atom is -0.456 e. The predicted octanol–water partition coefficient (Wildman–Crippen LogP) is 2.26. The molecular weight excluding hydrogens is 212 g/mol. The fraction of sp³-hybridized carbons (Fsp3) is 0.545. The van der Waals surface area contributed by atoms with Crippen molar-refractivity contribution in [3.63, 3.8) is 0 Å². The number of rotatable bonds is 3. The van der Waals surface area contributed by atoms with Crippen molar-refractivity contribution in [2.75, 3.05) is 13.2 Å². The summed E-state index contributed by atoms with van der Waals surface area (Å²) in [4.78, 5) is 12.5. The molecule has 1 fully saturated rings. The number of aryl methyl sites for hydroxylation is 1. The van der Waals surface area contributed by atoms with E-state index in [2.05, 4.69) is 0 Å². The van der Waals surface area contributed by atoms with Gasteiger partial charge in [0.1, 0.15) is 11.0 Å². The molecule has 2 rings (SSSR count). The van der Waals surface area contributed by atoms with Crippen LogP contribution in [0.2, 0.25) is 0 Å². The van der Waals surface area contributed by atoms with Crippen LogP contribution >= 0.6 is 11.3 Å². The predicted molar refractivity (Wildman–Crippen MR) is 58.3 cm³/mol. The molecule has 1 aliphatic heterocycles. The minimum absolute atomic E-state index is 0.0516. The van der Waals surface area contributed by atoms with Crippen LogP contribution in [0.5, 0.6) is 0 Å². The van der Waals surface area contributed by atoms with Gasteiger partial charge in [0.25, 0.3) is 0 Å². The number of thiophene rings is 1. The Labute approximate surface area is 93.0 Å². The summed E-state index contributed by atoms with van der Waals surface area (Å²) in [6.45, 7) is 3.28. The van der Waals surface area contributed by atoms with Gasteiger partial charge in [0.15, 0.2) is 0 Å². The lowest BCUT2D eigenvalue weighted by molar-refractivity contribution is 0.0275. The number of carbonyl (C=O) groups is 1. The molecule has 0 radical (unpaired) electrons. The van der Waals surface area contributed by atoms with Crippen LogP contribution in [-0.2, 0) is 15.9 Å². The van der Waals surface area contributed by atoms with E-state index in [1.54, 1.807) is 0 Å². The van der Waals surface area contributed by atoms with Crippen LogP contribution in [0.1, 0.15) is 28.6 Å². The molecular formula is C11H14O3S. The Balaban J connectivity index is 2.00. The van der Waals surface area contributed by atoms with Gasteiger partial charge in [0.2, 0.25) is 0 Å². The highest BCUT2D eigenvalue weighted by Crippen LogP contribution is 2.20. The molecule has 0 N–H and O–H groups in total. The highest BCUT2D eigenvalue weighted by atomic mass is 32.1. The molecule has 1 aliphatic rings. The second-order valence-corrected chi connectivity index (χ2v) is 4.44. The summed E-state index contributed by atoms with van der Waals surface area (Å²) in [6, 6.07) is 1.98. The lowest BCUT2D eigenvalue weighted by Gasteiger charge is -2.09. The average molecular weight is 226 g/mol. The maximum atomic E-state index is 11.8. The SMILES string of the molecule is CCc1ccsc1C(=O)OC1CCOC1. The third-order valence-electron chi connectivity index (χ3n) is 2.47. The van der Waals surface area contributed by atoms with Crippen LogP contribution in [0.15, 0.2) is 11.4 Å². The van der Waals surface area contributed by atoms with E-state index in [4.69, 9.17) is 9.47 Å². The number of ether oxygens (including phenoxy) is 2. The summed E-state index contributed by atoms with van der Waals surface area (Å²) in [5.41, 5.74) is 1.07. The van der Waals surface area contributed by atoms with Gasteiger partial charge in [0.05, 0.1) is 13.2 Å². The molecule has 0 aromatic carbocycles. The van der Waals surface area contributed by atoms with E-state index in [9.17, 15) is 4.79 Å². The maximum absolute atomic E-state index is 11.8. The van der Waals surface area contributed by atoms with Crippen LogP contribution < -0.4 is 0 Å². The van der Waals surface area contributed by atoms with Gasteiger partial charge in [-0.1, -0.05) is 6.92 Å². The molecule has 1 aromatic rings. The van der Waals surface area contributed by atoms with E-state index in [1.807, 2.05) is 18.4 Å². The Bertz CT molecular complexity index is 339. The summed E-state index contributed by atoms with van der Waals surface area (Å²) in [6.07, 6.45) is 1.64. The van der Waals surface area contributed by atoms with Crippen molar-refractivity contribution >= 4 is 17.3 Å². The van der Waals surface area contributed by atoms with E-state index in [1.165, 1.54) is 11.3 Å². The molecule has 1 unspecified atom stereocenters. The number of carbonyl (C=O) groups excluding carboxylic acids is 1. The largest absolute Gasteiger partial charge is 0.456 e. The molecule has 3 nitrogen and oxygen atoms in total. The first-order valence-electron chi connectivity index (χ1n) is 5.16. The first-order valence-corrected chi connectivity index (χ1v) is 6.04. The first-order chi connectivity index (χ1) is 7.31. The van der Waals surface area contributed by atoms with Crippen molar-refractivity contribution in [2.24, 2.45) is 0 Å². The molecule has 1 saturated heterocycles. The summed E-state index contributed by atoms with van der Waals surface area (Å²) < 4.78 is 10.5. The van der Waals surface area contributed by atoms with E-state index in [0.717, 1.165) is 23.3 Å². The van der Waals surface area contributed by atoms with Gasteiger partial charge in [-0.05, 0) is 23.4 Å². The summed E-state index contributed by atoms with van der Waals surface area (Å²) >= 11 is 1.45. The zero-order valence-corrected chi connectivity index (χ0v) is 9.51. The summed E-state index contributed by atoms with van der Waals surface area (Å²) in [5.74, 6) is -0.197. The smallest absolute Gasteiger partial charge is 0.348 e. The monoisotopic (exact) mass is 226 g/mol. The third-order valence-corrected chi connectivity index (χ3v) is 3.41. The normalized spacial score (nSPS) is 20.5. The Hall–Kier alpha value is -0.870. The Kier molecular flexibility index (Phi) is 3.38. The van der Waals surface area contributed by atoms with Crippen molar-refractivity contribution < 1.29 is 14.3 Å². The Morgan fingerprint density at radius 1 is 1.73 bits per heavy atom.